The van der Waals surface area contributed by atoms with E-state index in [2.05, 4.69) is 10.3 Å². The van der Waals surface area contributed by atoms with Gasteiger partial charge in [0.05, 0.1) is 0 Å². The summed E-state index contributed by atoms with van der Waals surface area (Å²) in [5.74, 6) is -0.758. The second-order valence-corrected chi connectivity index (χ2v) is 2.70. The number of hydrogen-bond acceptors (Lipinski definition) is 1. The summed E-state index contributed by atoms with van der Waals surface area (Å²) in [7, 11) is 1.50. The van der Waals surface area contributed by atoms with Gasteiger partial charge in [-0.1, -0.05) is 0 Å². The molecule has 0 aliphatic carbocycles. The van der Waals surface area contributed by atoms with Crippen LogP contribution in [0.15, 0.2) is 23.2 Å². The highest BCUT2D eigenvalue weighted by Gasteiger charge is 2.03. The number of aliphatic imine (C=N–C) groups is 1. The van der Waals surface area contributed by atoms with Gasteiger partial charge in [0.15, 0.2) is 5.96 Å². The molecule has 0 saturated carbocycles. The second kappa shape index (κ2) is 4.55. The summed E-state index contributed by atoms with van der Waals surface area (Å²) >= 11 is 0. The molecule has 5 heteroatoms. The Morgan fingerprint density at radius 2 is 2.21 bits per heavy atom. The summed E-state index contributed by atoms with van der Waals surface area (Å²) in [6, 6.07) is 3.26. The predicted molar refractivity (Wildman–Crippen MR) is 50.7 cm³/mol. The Kier molecular flexibility index (Phi) is 3.39. The number of halogens is 2. The molecule has 0 radical (unpaired) electrons. The molecule has 3 N–H and O–H groups in total. The van der Waals surface area contributed by atoms with Crippen molar-refractivity contribution < 1.29 is 8.78 Å². The topological polar surface area (TPSA) is 50.4 Å². The van der Waals surface area contributed by atoms with Crippen LogP contribution in [0.4, 0.5) is 8.78 Å². The number of nitrogens with one attached hydrogen (secondary N) is 1. The average Bonchev–Trinajstić information content (AvgIpc) is 2.19. The van der Waals surface area contributed by atoms with Gasteiger partial charge in [-0.15, -0.1) is 0 Å². The average molecular weight is 199 g/mol. The number of hydrogen-bond donors (Lipinski definition) is 2. The highest BCUT2D eigenvalue weighted by atomic mass is 19.1. The Morgan fingerprint density at radius 1 is 1.50 bits per heavy atom. The molecule has 1 aromatic carbocycles. The molecule has 0 heterocycles. The number of nitrogens with zero attached hydrogens (tertiary/aromatic N) is 1. The minimum atomic E-state index is -0.477. The van der Waals surface area contributed by atoms with Crippen LogP contribution in [0.5, 0.6) is 0 Å². The molecule has 0 amide bonds. The number of nitrogens with two attached hydrogens (primary N) is 1. The summed E-state index contributed by atoms with van der Waals surface area (Å²) in [6.07, 6.45) is 0. The number of benzene rings is 1. The monoisotopic (exact) mass is 199 g/mol. The van der Waals surface area contributed by atoms with E-state index in [0.29, 0.717) is 0 Å². The van der Waals surface area contributed by atoms with E-state index in [-0.39, 0.29) is 18.1 Å². The lowest BCUT2D eigenvalue weighted by Gasteiger charge is -2.05. The van der Waals surface area contributed by atoms with Gasteiger partial charge in [0.1, 0.15) is 11.6 Å². The minimum absolute atomic E-state index is 0.118. The fourth-order valence-corrected chi connectivity index (χ4v) is 0.944. The molecule has 0 saturated heterocycles. The van der Waals surface area contributed by atoms with Gasteiger partial charge in [-0.3, -0.25) is 4.99 Å². The first kappa shape index (κ1) is 10.4. The molecule has 76 valence electrons. The second-order valence-electron chi connectivity index (χ2n) is 2.70. The van der Waals surface area contributed by atoms with Crippen LogP contribution in [0.3, 0.4) is 0 Å². The minimum Gasteiger partial charge on any atom is -0.370 e. The van der Waals surface area contributed by atoms with E-state index in [9.17, 15) is 8.78 Å². The van der Waals surface area contributed by atoms with Gasteiger partial charge >= 0.3 is 0 Å². The molecule has 0 aromatic heterocycles. The summed E-state index contributed by atoms with van der Waals surface area (Å²) < 4.78 is 25.7. The van der Waals surface area contributed by atoms with Crippen molar-refractivity contribution in [3.8, 4) is 0 Å². The van der Waals surface area contributed by atoms with Crippen molar-refractivity contribution >= 4 is 5.96 Å². The zero-order chi connectivity index (χ0) is 10.6. The fraction of sp³-hybridized carbons (Fsp3) is 0.222. The summed E-state index contributed by atoms with van der Waals surface area (Å²) in [5.41, 5.74) is 5.55. The maximum Gasteiger partial charge on any atom is 0.188 e. The fourth-order valence-electron chi connectivity index (χ4n) is 0.944. The van der Waals surface area contributed by atoms with E-state index in [1.807, 2.05) is 0 Å². The van der Waals surface area contributed by atoms with Crippen molar-refractivity contribution in [1.82, 2.24) is 5.32 Å². The highest BCUT2D eigenvalue weighted by Crippen LogP contribution is 2.08. The maximum atomic E-state index is 13.0. The van der Waals surface area contributed by atoms with E-state index in [1.165, 1.54) is 7.05 Å². The Balaban J connectivity index is 2.71. The van der Waals surface area contributed by atoms with Crippen molar-refractivity contribution in [3.63, 3.8) is 0 Å². The molecule has 3 nitrogen and oxygen atoms in total. The van der Waals surface area contributed by atoms with Crippen molar-refractivity contribution in [2.75, 3.05) is 7.05 Å². The largest absolute Gasteiger partial charge is 0.370 e. The standard InChI is InChI=1S/C9H11F2N3/c1-13-9(12)14-5-6-4-7(10)2-3-8(6)11/h2-4H,5H2,1H3,(H3,12,13,14). The lowest BCUT2D eigenvalue weighted by molar-refractivity contribution is 0.582. The Bertz CT molecular complexity index is 350. The molecular formula is C9H11F2N3. The zero-order valence-corrected chi connectivity index (χ0v) is 7.72. The SMILES string of the molecule is CN=C(N)NCc1cc(F)ccc1F. The first-order valence-corrected chi connectivity index (χ1v) is 4.03. The highest BCUT2D eigenvalue weighted by molar-refractivity contribution is 5.77. The molecule has 0 fully saturated rings. The Labute approximate surface area is 80.6 Å². The van der Waals surface area contributed by atoms with Gasteiger partial charge in [-0.2, -0.15) is 0 Å². The van der Waals surface area contributed by atoms with Crippen LogP contribution in [-0.4, -0.2) is 13.0 Å². The van der Waals surface area contributed by atoms with Crippen molar-refractivity contribution in [1.29, 1.82) is 0 Å². The van der Waals surface area contributed by atoms with E-state index < -0.39 is 11.6 Å². The van der Waals surface area contributed by atoms with Gasteiger partial charge in [0.25, 0.3) is 0 Å². The molecular weight excluding hydrogens is 188 g/mol. The van der Waals surface area contributed by atoms with Crippen molar-refractivity contribution in [2.45, 2.75) is 6.54 Å². The lowest BCUT2D eigenvalue weighted by Crippen LogP contribution is -2.31. The van der Waals surface area contributed by atoms with Crippen LogP contribution in [0.2, 0.25) is 0 Å². The first-order chi connectivity index (χ1) is 6.63. The molecule has 0 spiro atoms. The molecule has 0 aliphatic heterocycles. The van der Waals surface area contributed by atoms with Crippen LogP contribution in [0.1, 0.15) is 5.56 Å². The third-order valence-electron chi connectivity index (χ3n) is 1.71. The summed E-state index contributed by atoms with van der Waals surface area (Å²) in [5, 5.41) is 2.64. The summed E-state index contributed by atoms with van der Waals surface area (Å²) in [4.78, 5) is 3.62. The van der Waals surface area contributed by atoms with Gasteiger partial charge in [-0.25, -0.2) is 8.78 Å². The molecule has 0 unspecified atom stereocenters. The third kappa shape index (κ3) is 2.69. The quantitative estimate of drug-likeness (QED) is 0.551. The third-order valence-corrected chi connectivity index (χ3v) is 1.71. The Hall–Kier alpha value is -1.65. The first-order valence-electron chi connectivity index (χ1n) is 4.03. The van der Waals surface area contributed by atoms with Gasteiger partial charge < -0.3 is 11.1 Å². The van der Waals surface area contributed by atoms with Gasteiger partial charge in [0.2, 0.25) is 0 Å². The molecule has 1 rings (SSSR count). The number of guanidine groups is 1. The van der Waals surface area contributed by atoms with E-state index in [4.69, 9.17) is 5.73 Å². The van der Waals surface area contributed by atoms with E-state index >= 15 is 0 Å². The zero-order valence-electron chi connectivity index (χ0n) is 7.72. The van der Waals surface area contributed by atoms with Crippen LogP contribution < -0.4 is 11.1 Å². The van der Waals surface area contributed by atoms with E-state index in [1.54, 1.807) is 0 Å². The molecule has 0 bridgehead atoms. The van der Waals surface area contributed by atoms with Gasteiger partial charge in [-0.05, 0) is 18.2 Å². The van der Waals surface area contributed by atoms with Crippen molar-refractivity contribution in [2.24, 2.45) is 10.7 Å². The predicted octanol–water partition coefficient (Wildman–Crippen LogP) is 0.999. The van der Waals surface area contributed by atoms with Crippen LogP contribution >= 0.6 is 0 Å². The number of rotatable bonds is 2. The van der Waals surface area contributed by atoms with Crippen LogP contribution in [0, 0.1) is 11.6 Å². The Morgan fingerprint density at radius 3 is 2.86 bits per heavy atom. The van der Waals surface area contributed by atoms with E-state index in [0.717, 1.165) is 18.2 Å². The van der Waals surface area contributed by atoms with Crippen molar-refractivity contribution in [3.05, 3.63) is 35.4 Å². The smallest absolute Gasteiger partial charge is 0.188 e. The van der Waals surface area contributed by atoms with Gasteiger partial charge in [0, 0.05) is 19.2 Å². The normalized spacial score (nSPS) is 11.5. The summed E-state index contributed by atoms with van der Waals surface area (Å²) in [6.45, 7) is 0.118. The molecule has 1 aromatic rings. The maximum absolute atomic E-state index is 13.0. The lowest BCUT2D eigenvalue weighted by atomic mass is 10.2. The van der Waals surface area contributed by atoms with Crippen LogP contribution in [-0.2, 0) is 6.54 Å². The molecule has 14 heavy (non-hydrogen) atoms. The molecule has 0 atom stereocenters. The molecule has 0 aliphatic rings. The van der Waals surface area contributed by atoms with Crippen LogP contribution in [0.25, 0.3) is 0 Å².